The zero-order chi connectivity index (χ0) is 27.6. The Hall–Kier alpha value is -2.66. The van der Waals surface area contributed by atoms with Crippen molar-refractivity contribution in [1.29, 1.82) is 0 Å². The van der Waals surface area contributed by atoms with Crippen molar-refractivity contribution in [2.45, 2.75) is 79.1 Å². The van der Waals surface area contributed by atoms with Gasteiger partial charge in [0.15, 0.2) is 0 Å². The Balaban J connectivity index is 1.96. The summed E-state index contributed by atoms with van der Waals surface area (Å²) in [6.45, 7) is 10.4. The number of hydrogen-bond acceptors (Lipinski definition) is 5. The van der Waals surface area contributed by atoms with E-state index in [1.807, 2.05) is 6.92 Å². The molecule has 0 aromatic heterocycles. The molecule has 3 fully saturated rings. The molecule has 2 aliphatic heterocycles. The number of nitrogens with zero attached hydrogens (tertiary/aromatic N) is 1. The van der Waals surface area contributed by atoms with E-state index in [1.165, 1.54) is 20.8 Å². The van der Waals surface area contributed by atoms with Gasteiger partial charge in [-0.1, -0.05) is 41.5 Å². The number of nitrogens with one attached hydrogen (secondary N) is 2. The Bertz CT molecular complexity index is 989. The van der Waals surface area contributed by atoms with Gasteiger partial charge in [0.2, 0.25) is 17.7 Å². The van der Waals surface area contributed by atoms with Gasteiger partial charge in [0, 0.05) is 17.9 Å². The lowest BCUT2D eigenvalue weighted by Crippen LogP contribution is -2.62. The number of carbonyl (C=O) groups excluding carboxylic acids is 5. The summed E-state index contributed by atoms with van der Waals surface area (Å²) in [7, 11) is 0. The first-order chi connectivity index (χ1) is 16.3. The van der Waals surface area contributed by atoms with E-state index < -0.39 is 64.1 Å². The maximum atomic E-state index is 13.6. The second-order valence-corrected chi connectivity index (χ2v) is 12.0. The van der Waals surface area contributed by atoms with Gasteiger partial charge in [0.25, 0.3) is 5.91 Å². The first-order valence-electron chi connectivity index (χ1n) is 12.1. The van der Waals surface area contributed by atoms with Crippen LogP contribution in [0.2, 0.25) is 0 Å². The van der Waals surface area contributed by atoms with Crippen LogP contribution in [0.25, 0.3) is 0 Å². The Morgan fingerprint density at radius 1 is 1.19 bits per heavy atom. The lowest BCUT2D eigenvalue weighted by molar-refractivity contribution is -0.176. The summed E-state index contributed by atoms with van der Waals surface area (Å²) >= 11 is 0. The summed E-state index contributed by atoms with van der Waals surface area (Å²) in [5.74, 6) is -6.33. The van der Waals surface area contributed by atoms with Gasteiger partial charge in [-0.15, -0.1) is 0 Å². The summed E-state index contributed by atoms with van der Waals surface area (Å²) in [4.78, 5) is 64.4. The van der Waals surface area contributed by atoms with Crippen molar-refractivity contribution in [3.8, 4) is 0 Å². The summed E-state index contributed by atoms with van der Waals surface area (Å²) in [5.41, 5.74) is 2.81. The maximum absolute atomic E-state index is 13.6. The lowest BCUT2D eigenvalue weighted by Gasteiger charge is -2.40. The van der Waals surface area contributed by atoms with E-state index >= 15 is 0 Å². The highest BCUT2D eigenvalue weighted by atomic mass is 19.4. The minimum atomic E-state index is -5.24. The monoisotopic (exact) mass is 516 g/mol. The van der Waals surface area contributed by atoms with Crippen LogP contribution in [0.4, 0.5) is 13.2 Å². The summed E-state index contributed by atoms with van der Waals surface area (Å²) in [5, 5.41) is 4.48. The molecule has 3 aliphatic rings. The van der Waals surface area contributed by atoms with Crippen molar-refractivity contribution < 1.29 is 37.1 Å². The van der Waals surface area contributed by atoms with Crippen LogP contribution in [0.1, 0.15) is 60.8 Å². The third-order valence-corrected chi connectivity index (χ3v) is 8.51. The molecule has 36 heavy (non-hydrogen) atoms. The number of carbonyl (C=O) groups is 5. The first kappa shape index (κ1) is 27.9. The van der Waals surface area contributed by atoms with Crippen LogP contribution < -0.4 is 16.4 Å². The quantitative estimate of drug-likeness (QED) is 0.471. The van der Waals surface area contributed by atoms with Crippen LogP contribution in [-0.4, -0.2) is 59.2 Å². The number of imide groups is 1. The number of fused-ring (bicyclic) bond motifs is 1. The molecule has 0 spiro atoms. The van der Waals surface area contributed by atoms with Gasteiger partial charge in [-0.2, -0.15) is 13.2 Å². The fraction of sp³-hybridized carbons (Fsp3) is 0.792. The molecule has 2 heterocycles. The number of hydrogen-bond donors (Lipinski definition) is 3. The molecular formula is C24H35F3N4O5. The highest BCUT2D eigenvalue weighted by molar-refractivity contribution is 6.09. The normalized spacial score (nSPS) is 30.9. The molecule has 2 saturated heterocycles. The van der Waals surface area contributed by atoms with Crippen molar-refractivity contribution in [2.24, 2.45) is 39.7 Å². The number of primary amides is 1. The molecule has 0 aromatic rings. The summed E-state index contributed by atoms with van der Waals surface area (Å²) < 4.78 is 39.0. The minimum absolute atomic E-state index is 0.0505. The fourth-order valence-corrected chi connectivity index (χ4v) is 6.73. The van der Waals surface area contributed by atoms with Gasteiger partial charge in [0.05, 0.1) is 5.92 Å². The molecule has 6 atom stereocenters. The van der Waals surface area contributed by atoms with Crippen molar-refractivity contribution in [3.63, 3.8) is 0 Å². The second kappa shape index (κ2) is 8.72. The van der Waals surface area contributed by atoms with Crippen LogP contribution in [0.3, 0.4) is 0 Å². The van der Waals surface area contributed by atoms with Gasteiger partial charge in [-0.3, -0.25) is 28.9 Å². The fourth-order valence-electron chi connectivity index (χ4n) is 6.73. The maximum Gasteiger partial charge on any atom is 0.471 e. The summed E-state index contributed by atoms with van der Waals surface area (Å²) in [6, 6.07) is -3.12. The zero-order valence-electron chi connectivity index (χ0n) is 21.4. The van der Waals surface area contributed by atoms with Gasteiger partial charge in [-0.25, -0.2) is 0 Å². The highest BCUT2D eigenvalue weighted by Gasteiger charge is 2.86. The average Bonchev–Trinajstić information content (AvgIpc) is 2.99. The molecular weight excluding hydrogens is 481 g/mol. The van der Waals surface area contributed by atoms with Crippen molar-refractivity contribution in [1.82, 2.24) is 15.5 Å². The molecule has 5 unspecified atom stereocenters. The average molecular weight is 517 g/mol. The SMILES string of the molecule is CC(CCC1CCNC1=O)C12C(C(N)=O)N(C(=O)[C@@H](NC(=O)C(F)(F)F)C(C)(C)C)C(=O)C1C2(C)C. The number of halogens is 3. The van der Waals surface area contributed by atoms with Crippen LogP contribution in [-0.2, 0) is 24.0 Å². The van der Waals surface area contributed by atoms with Crippen LogP contribution >= 0.6 is 0 Å². The Labute approximate surface area is 208 Å². The molecule has 202 valence electrons. The number of amides is 5. The van der Waals surface area contributed by atoms with Crippen molar-refractivity contribution in [2.75, 3.05) is 6.54 Å². The number of nitrogens with two attached hydrogens (primary N) is 1. The molecule has 12 heteroatoms. The van der Waals surface area contributed by atoms with Gasteiger partial charge < -0.3 is 16.4 Å². The van der Waals surface area contributed by atoms with Crippen LogP contribution in [0.5, 0.6) is 0 Å². The van der Waals surface area contributed by atoms with Crippen molar-refractivity contribution in [3.05, 3.63) is 0 Å². The topological polar surface area (TPSA) is 139 Å². The second-order valence-electron chi connectivity index (χ2n) is 12.0. The van der Waals surface area contributed by atoms with Gasteiger partial charge in [0.1, 0.15) is 12.1 Å². The standard InChI is InChI=1S/C24H35F3N4O5/c1-11(7-8-12-9-10-29-17(12)33)23-13(22(23,5)6)18(34)31(15(23)16(28)32)19(35)14(21(2,3)4)30-20(36)24(25,26)27/h11-15H,7-10H2,1-6H3,(H2,28,32)(H,29,33)(H,30,36)/t11?,12?,13?,14-,15?,23?/m1/s1. The van der Waals surface area contributed by atoms with Gasteiger partial charge >= 0.3 is 12.1 Å². The van der Waals surface area contributed by atoms with E-state index in [4.69, 9.17) is 5.73 Å². The number of piperidine rings is 1. The Morgan fingerprint density at radius 2 is 1.78 bits per heavy atom. The van der Waals surface area contributed by atoms with E-state index in [0.29, 0.717) is 30.7 Å². The zero-order valence-corrected chi connectivity index (χ0v) is 21.4. The van der Waals surface area contributed by atoms with Crippen LogP contribution in [0, 0.1) is 34.0 Å². The van der Waals surface area contributed by atoms with E-state index in [2.05, 4.69) is 5.32 Å². The first-order valence-corrected chi connectivity index (χ1v) is 12.1. The molecule has 9 nitrogen and oxygen atoms in total. The lowest BCUT2D eigenvalue weighted by atomic mass is 9.74. The smallest absolute Gasteiger partial charge is 0.368 e. The molecule has 1 saturated carbocycles. The van der Waals surface area contributed by atoms with E-state index in [-0.39, 0.29) is 17.7 Å². The molecule has 0 radical (unpaired) electrons. The number of alkyl halides is 3. The summed E-state index contributed by atoms with van der Waals surface area (Å²) in [6.07, 6.45) is -3.54. The Kier molecular flexibility index (Phi) is 6.77. The predicted molar refractivity (Wildman–Crippen MR) is 121 cm³/mol. The molecule has 0 aromatic carbocycles. The molecule has 0 bridgehead atoms. The highest BCUT2D eigenvalue weighted by Crippen LogP contribution is 2.79. The van der Waals surface area contributed by atoms with E-state index in [9.17, 15) is 37.1 Å². The van der Waals surface area contributed by atoms with E-state index in [1.54, 1.807) is 19.2 Å². The molecule has 1 aliphatic carbocycles. The van der Waals surface area contributed by atoms with Gasteiger partial charge in [-0.05, 0) is 36.0 Å². The predicted octanol–water partition coefficient (Wildman–Crippen LogP) is 1.50. The van der Waals surface area contributed by atoms with Crippen LogP contribution in [0.15, 0.2) is 0 Å². The molecule has 3 rings (SSSR count). The van der Waals surface area contributed by atoms with Crippen molar-refractivity contribution >= 4 is 29.5 Å². The number of rotatable bonds is 7. The Morgan fingerprint density at radius 3 is 2.22 bits per heavy atom. The molecule has 5 amide bonds. The largest absolute Gasteiger partial charge is 0.471 e. The van der Waals surface area contributed by atoms with E-state index in [0.717, 1.165) is 0 Å². The third-order valence-electron chi connectivity index (χ3n) is 8.51. The molecule has 4 N–H and O–H groups in total. The minimum Gasteiger partial charge on any atom is -0.368 e. The number of likely N-dealkylation sites (tertiary alicyclic amines) is 1. The third kappa shape index (κ3) is 4.15.